The van der Waals surface area contributed by atoms with Crippen molar-refractivity contribution >= 4 is 11.9 Å². The van der Waals surface area contributed by atoms with Crippen molar-refractivity contribution in [2.45, 2.75) is 137 Å². The molecule has 4 saturated heterocycles. The summed E-state index contributed by atoms with van der Waals surface area (Å²) in [7, 11) is 0. The zero-order valence-corrected chi connectivity index (χ0v) is 25.4. The largest absolute Gasteiger partial charge is 0.479 e. The maximum atomic E-state index is 12.0. The minimum atomic E-state index is -2.13. The molecule has 22 heteroatoms. The summed E-state index contributed by atoms with van der Waals surface area (Å²) in [5, 5.41) is 123. The third kappa shape index (κ3) is 7.91. The van der Waals surface area contributed by atoms with Crippen molar-refractivity contribution in [3.8, 4) is 0 Å². The van der Waals surface area contributed by atoms with Crippen LogP contribution in [-0.2, 0) is 47.5 Å². The normalized spacial score (nSPS) is 50.1. The smallest absolute Gasteiger partial charge is 0.335 e. The number of rotatable bonds is 10. The lowest BCUT2D eigenvalue weighted by molar-refractivity contribution is -0.390. The van der Waals surface area contributed by atoms with Crippen molar-refractivity contribution in [1.29, 1.82) is 0 Å². The van der Waals surface area contributed by atoms with Crippen molar-refractivity contribution in [1.82, 2.24) is 0 Å². The first-order valence-electron chi connectivity index (χ1n) is 14.8. The van der Waals surface area contributed by atoms with Gasteiger partial charge in [0.1, 0.15) is 79.4 Å². The maximum Gasteiger partial charge on any atom is 0.335 e. The van der Waals surface area contributed by atoms with Gasteiger partial charge >= 0.3 is 11.9 Å². The Morgan fingerprint density at radius 3 is 1.58 bits per heavy atom. The van der Waals surface area contributed by atoms with Gasteiger partial charge in [-0.2, -0.15) is 0 Å². The van der Waals surface area contributed by atoms with Crippen LogP contribution in [0.1, 0.15) is 13.8 Å². The number of hydrogen-bond acceptors (Lipinski definition) is 21. The summed E-state index contributed by atoms with van der Waals surface area (Å²) in [6, 6.07) is 0. The molecule has 4 aliphatic heterocycles. The van der Waals surface area contributed by atoms with Crippen molar-refractivity contribution in [3.05, 3.63) is 0 Å². The molecule has 0 radical (unpaired) electrons. The van der Waals surface area contributed by atoms with Gasteiger partial charge in [-0.05, 0) is 6.92 Å². The number of aliphatic hydroxyl groups excluding tert-OH is 11. The number of ether oxygens (including phenoxy) is 8. The SMILES string of the molecule is CC(=O)O[C@H]1C(O)O[C@@H](C)[C@H](O[C@@H]2O[C@H](CO)[C@@H](O)[C@H](O)[C@H]2O)[C@H]1O[C@H]1O[C@H](CO)[C@H](O)[C@H](O[C@H]2O[C@H](C(=O)O)[C@@H](O)[C@H](O)[C@H]2O)[C@H]1O. The molecule has 4 aliphatic rings. The van der Waals surface area contributed by atoms with Gasteiger partial charge in [-0.25, -0.2) is 4.79 Å². The molecular weight excluding hydrogens is 664 g/mol. The molecule has 0 aromatic heterocycles. The van der Waals surface area contributed by atoms with E-state index in [0.717, 1.165) is 6.92 Å². The molecule has 0 bridgehead atoms. The van der Waals surface area contributed by atoms with Crippen LogP contribution in [0.4, 0.5) is 0 Å². The van der Waals surface area contributed by atoms with Crippen LogP contribution in [0.25, 0.3) is 0 Å². The predicted molar refractivity (Wildman–Crippen MR) is 143 cm³/mol. The number of carbonyl (C=O) groups is 2. The molecule has 4 fully saturated rings. The topological polar surface area (TPSA) is 351 Å². The van der Waals surface area contributed by atoms with Crippen molar-refractivity contribution in [3.63, 3.8) is 0 Å². The van der Waals surface area contributed by atoms with Crippen molar-refractivity contribution in [2.75, 3.05) is 13.2 Å². The highest BCUT2D eigenvalue weighted by Gasteiger charge is 2.56. The van der Waals surface area contributed by atoms with Gasteiger partial charge in [-0.15, -0.1) is 0 Å². The molecule has 4 rings (SSSR count). The summed E-state index contributed by atoms with van der Waals surface area (Å²) in [5.74, 6) is -2.72. The van der Waals surface area contributed by atoms with Crippen molar-refractivity contribution < 1.29 is 109 Å². The minimum absolute atomic E-state index is 0.812. The summed E-state index contributed by atoms with van der Waals surface area (Å²) < 4.78 is 43.7. The quantitative estimate of drug-likeness (QED) is 0.0938. The summed E-state index contributed by atoms with van der Waals surface area (Å²) in [5.41, 5.74) is 0. The molecule has 4 heterocycles. The molecule has 20 atom stereocenters. The lowest BCUT2D eigenvalue weighted by atomic mass is 9.95. The number of esters is 1. The van der Waals surface area contributed by atoms with E-state index in [1.165, 1.54) is 6.92 Å². The second-order valence-corrected chi connectivity index (χ2v) is 11.7. The van der Waals surface area contributed by atoms with Crippen LogP contribution in [0.5, 0.6) is 0 Å². The van der Waals surface area contributed by atoms with E-state index in [1.54, 1.807) is 0 Å². The zero-order valence-electron chi connectivity index (χ0n) is 25.4. The molecule has 278 valence electrons. The first-order valence-corrected chi connectivity index (χ1v) is 14.8. The molecule has 0 aromatic carbocycles. The highest BCUT2D eigenvalue weighted by molar-refractivity contribution is 5.73. The van der Waals surface area contributed by atoms with Crippen LogP contribution >= 0.6 is 0 Å². The molecule has 22 nitrogen and oxygen atoms in total. The Hall–Kier alpha value is -1.78. The number of aliphatic hydroxyl groups is 11. The van der Waals surface area contributed by atoms with E-state index in [1.807, 2.05) is 0 Å². The maximum absolute atomic E-state index is 12.0. The Morgan fingerprint density at radius 2 is 1.04 bits per heavy atom. The summed E-state index contributed by atoms with van der Waals surface area (Å²) in [6.45, 7) is 0.538. The minimum Gasteiger partial charge on any atom is -0.479 e. The second-order valence-electron chi connectivity index (χ2n) is 11.7. The van der Waals surface area contributed by atoms with E-state index < -0.39 is 148 Å². The number of carboxylic acid groups (broad SMARTS) is 1. The van der Waals surface area contributed by atoms with Gasteiger partial charge in [0.05, 0.1) is 19.3 Å². The summed E-state index contributed by atoms with van der Waals surface area (Å²) in [6.07, 6.45) is -37.1. The number of carboxylic acids is 1. The Morgan fingerprint density at radius 1 is 0.562 bits per heavy atom. The second kappa shape index (κ2) is 16.1. The van der Waals surface area contributed by atoms with E-state index in [-0.39, 0.29) is 0 Å². The fourth-order valence-electron chi connectivity index (χ4n) is 5.79. The van der Waals surface area contributed by atoms with Crippen LogP contribution in [0.3, 0.4) is 0 Å². The molecule has 12 N–H and O–H groups in total. The van der Waals surface area contributed by atoms with E-state index in [4.69, 9.17) is 37.9 Å². The van der Waals surface area contributed by atoms with E-state index >= 15 is 0 Å². The average Bonchev–Trinajstić information content (AvgIpc) is 3.03. The predicted octanol–water partition coefficient (Wildman–Crippen LogP) is -8.06. The highest BCUT2D eigenvalue weighted by Crippen LogP contribution is 2.35. The third-order valence-electron chi connectivity index (χ3n) is 8.40. The fraction of sp³-hybridized carbons (Fsp3) is 0.923. The highest BCUT2D eigenvalue weighted by atomic mass is 16.8. The van der Waals surface area contributed by atoms with Gasteiger partial charge in [0.2, 0.25) is 0 Å². The van der Waals surface area contributed by atoms with Gasteiger partial charge in [0, 0.05) is 6.92 Å². The molecule has 1 unspecified atom stereocenters. The lowest BCUT2D eigenvalue weighted by Gasteiger charge is -2.49. The van der Waals surface area contributed by atoms with Gasteiger partial charge in [-0.1, -0.05) is 0 Å². The van der Waals surface area contributed by atoms with Gasteiger partial charge in [0.25, 0.3) is 0 Å². The molecule has 0 aromatic rings. The van der Waals surface area contributed by atoms with Crippen LogP contribution < -0.4 is 0 Å². The number of hydrogen-bond donors (Lipinski definition) is 12. The van der Waals surface area contributed by atoms with Crippen molar-refractivity contribution in [2.24, 2.45) is 0 Å². The van der Waals surface area contributed by atoms with Gasteiger partial charge in [0.15, 0.2) is 37.4 Å². The van der Waals surface area contributed by atoms with Crippen LogP contribution in [0.2, 0.25) is 0 Å². The summed E-state index contributed by atoms with van der Waals surface area (Å²) >= 11 is 0. The Bertz CT molecular complexity index is 1080. The first kappa shape index (κ1) is 39.0. The van der Waals surface area contributed by atoms with Crippen LogP contribution in [0, 0.1) is 0 Å². The van der Waals surface area contributed by atoms with Gasteiger partial charge in [-0.3, -0.25) is 4.79 Å². The average molecular weight is 707 g/mol. The molecular formula is C26H42O22. The Balaban J connectivity index is 1.63. The standard InChI is InChI=1S/C26H42O22/c1-5-17(45-24-14(35)11(32)9(30)7(3-27)43-24)20(21(23(40)41-5)42-6(2)29)48-26-16(37)18(10(31)8(4-28)44-26)46-25-15(36)12(33)13(34)19(47-25)22(38)39/h5,7-21,23-28,30-37,40H,3-4H2,1-2H3,(H,38,39)/t5-,7+,8+,9+,10-,11-,12-,13-,14+,15+,16+,17-,18-,19-,20+,21+,23?,24-,25-,26+/m0/s1. The number of aliphatic carboxylic acids is 1. The first-order chi connectivity index (χ1) is 22.5. The fourth-order valence-corrected chi connectivity index (χ4v) is 5.79. The zero-order chi connectivity index (χ0) is 35.8. The van der Waals surface area contributed by atoms with E-state index in [2.05, 4.69) is 0 Å². The third-order valence-corrected chi connectivity index (χ3v) is 8.40. The van der Waals surface area contributed by atoms with Crippen LogP contribution in [-0.4, -0.2) is 209 Å². The Labute approximate surface area is 271 Å². The summed E-state index contributed by atoms with van der Waals surface area (Å²) in [4.78, 5) is 23.5. The molecule has 0 aliphatic carbocycles. The molecule has 0 saturated carbocycles. The van der Waals surface area contributed by atoms with Crippen LogP contribution in [0.15, 0.2) is 0 Å². The molecule has 0 amide bonds. The number of carbonyl (C=O) groups excluding carboxylic acids is 1. The van der Waals surface area contributed by atoms with E-state index in [9.17, 15) is 70.9 Å². The van der Waals surface area contributed by atoms with E-state index in [0.29, 0.717) is 0 Å². The van der Waals surface area contributed by atoms with Gasteiger partial charge < -0.3 is 99.2 Å². The Kier molecular flexibility index (Phi) is 13.0. The monoisotopic (exact) mass is 706 g/mol. The molecule has 0 spiro atoms. The molecule has 48 heavy (non-hydrogen) atoms. The lowest BCUT2D eigenvalue weighted by Crippen LogP contribution is -2.68.